The number of imide groups is 1. The van der Waals surface area contributed by atoms with Gasteiger partial charge in [-0.3, -0.25) is 15.0 Å². The van der Waals surface area contributed by atoms with Crippen LogP contribution in [-0.4, -0.2) is 47.6 Å². The molecule has 2 N–H and O–H groups in total. The molecule has 2 aliphatic rings. The number of nitrogens with zero attached hydrogens (tertiary/aromatic N) is 1. The summed E-state index contributed by atoms with van der Waals surface area (Å²) in [5, 5.41) is 3.91. The minimum atomic E-state index is -0.960. The van der Waals surface area contributed by atoms with E-state index in [1.165, 1.54) is 0 Å². The molecule has 3 rings (SSSR count). The molecule has 1 saturated carbocycles. The van der Waals surface area contributed by atoms with Crippen LogP contribution in [-0.2, 0) is 19.1 Å². The second-order valence-corrected chi connectivity index (χ2v) is 8.17. The second kappa shape index (κ2) is 8.91. The minimum absolute atomic E-state index is 0.403. The van der Waals surface area contributed by atoms with E-state index in [2.05, 4.69) is 17.7 Å². The lowest BCUT2D eigenvalue weighted by Crippen LogP contribution is -2.52. The van der Waals surface area contributed by atoms with E-state index in [1.807, 2.05) is 0 Å². The van der Waals surface area contributed by atoms with Crippen LogP contribution in [0.4, 0.5) is 4.79 Å². The van der Waals surface area contributed by atoms with Gasteiger partial charge in [-0.05, 0) is 62.3 Å². The zero-order valence-corrected chi connectivity index (χ0v) is 17.6. The predicted molar refractivity (Wildman–Crippen MR) is 107 cm³/mol. The van der Waals surface area contributed by atoms with Crippen molar-refractivity contribution < 1.29 is 28.7 Å². The van der Waals surface area contributed by atoms with Crippen molar-refractivity contribution in [3.63, 3.8) is 0 Å². The van der Waals surface area contributed by atoms with E-state index in [-0.39, 0.29) is 0 Å². The molecule has 0 unspecified atom stereocenters. The first-order valence-corrected chi connectivity index (χ1v) is 10.1. The van der Waals surface area contributed by atoms with Crippen LogP contribution in [0.25, 0.3) is 0 Å². The molecule has 1 aromatic carbocycles. The smallest absolute Gasteiger partial charge is 0.344 e. The highest BCUT2D eigenvalue weighted by atomic mass is 35.5. The number of hydrogen-bond acceptors (Lipinski definition) is 6. The maximum atomic E-state index is 12.7. The third-order valence-electron chi connectivity index (χ3n) is 5.37. The number of aryl methyl sites for hydroxylation is 1. The highest BCUT2D eigenvalue weighted by molar-refractivity contribution is 6.30. The minimum Gasteiger partial charge on any atom is -0.482 e. The summed E-state index contributed by atoms with van der Waals surface area (Å²) in [6.45, 7) is 2.82. The van der Waals surface area contributed by atoms with Gasteiger partial charge in [-0.25, -0.2) is 9.59 Å². The van der Waals surface area contributed by atoms with Crippen molar-refractivity contribution in [3.05, 3.63) is 28.8 Å². The summed E-state index contributed by atoms with van der Waals surface area (Å²) in [4.78, 5) is 48.7. The molecule has 30 heavy (non-hydrogen) atoms. The molecule has 1 aliphatic heterocycles. The first-order chi connectivity index (χ1) is 14.2. The monoisotopic (exact) mass is 437 g/mol. The Balaban J connectivity index is 1.45. The molecule has 10 heteroatoms. The van der Waals surface area contributed by atoms with E-state index in [0.29, 0.717) is 34.5 Å². The Hall–Kier alpha value is -2.81. The number of benzene rings is 1. The molecule has 1 spiro atoms. The van der Waals surface area contributed by atoms with E-state index in [4.69, 9.17) is 21.1 Å². The quantitative estimate of drug-likeness (QED) is 0.520. The molecular weight excluding hydrogens is 414 g/mol. The van der Waals surface area contributed by atoms with Crippen LogP contribution >= 0.6 is 11.6 Å². The molecule has 0 radical (unpaired) electrons. The largest absolute Gasteiger partial charge is 0.482 e. The lowest BCUT2D eigenvalue weighted by molar-refractivity contribution is -0.152. The zero-order chi connectivity index (χ0) is 21.9. The summed E-state index contributed by atoms with van der Waals surface area (Å²) in [6.07, 6.45) is 2.69. The average molecular weight is 438 g/mol. The molecule has 1 heterocycles. The lowest BCUT2D eigenvalue weighted by Gasteiger charge is -2.33. The van der Waals surface area contributed by atoms with Crippen LogP contribution in [0.2, 0.25) is 5.02 Å². The van der Waals surface area contributed by atoms with Crippen LogP contribution in [0.1, 0.15) is 38.2 Å². The molecule has 0 aromatic heterocycles. The van der Waals surface area contributed by atoms with E-state index in [0.717, 1.165) is 18.4 Å². The molecule has 1 aliphatic carbocycles. The van der Waals surface area contributed by atoms with Crippen LogP contribution in [0, 0.1) is 12.8 Å². The van der Waals surface area contributed by atoms with Gasteiger partial charge in [0.1, 0.15) is 11.3 Å². The van der Waals surface area contributed by atoms with E-state index in [9.17, 15) is 19.2 Å². The number of carbonyl (C=O) groups is 4. The Bertz CT molecular complexity index is 866. The first-order valence-electron chi connectivity index (χ1n) is 9.71. The molecule has 9 nitrogen and oxygen atoms in total. The van der Waals surface area contributed by atoms with Gasteiger partial charge >= 0.3 is 12.0 Å². The maximum absolute atomic E-state index is 12.7. The van der Waals surface area contributed by atoms with Crippen molar-refractivity contribution in [3.8, 4) is 5.75 Å². The van der Waals surface area contributed by atoms with Gasteiger partial charge in [-0.2, -0.15) is 5.01 Å². The molecule has 0 atom stereocenters. The molecule has 4 amide bonds. The van der Waals surface area contributed by atoms with E-state index < -0.39 is 42.6 Å². The highest BCUT2D eigenvalue weighted by Gasteiger charge is 2.52. The summed E-state index contributed by atoms with van der Waals surface area (Å²) in [6, 6.07) is 4.25. The van der Waals surface area contributed by atoms with E-state index >= 15 is 0 Å². The van der Waals surface area contributed by atoms with E-state index in [1.54, 1.807) is 25.1 Å². The SMILES string of the molecule is Cc1cc(Cl)ccc1OCC(=O)OCC(=O)NN1C(=O)NC2(CCC(C)CC2)C1=O. The summed E-state index contributed by atoms with van der Waals surface area (Å²) in [5.74, 6) is -1.10. The van der Waals surface area contributed by atoms with Gasteiger partial charge in [-0.1, -0.05) is 18.5 Å². The Morgan fingerprint density at radius 3 is 2.63 bits per heavy atom. The van der Waals surface area contributed by atoms with Crippen LogP contribution < -0.4 is 15.5 Å². The third kappa shape index (κ3) is 4.84. The van der Waals surface area contributed by atoms with Gasteiger partial charge in [0.2, 0.25) is 0 Å². The molecular formula is C20H24ClN3O6. The van der Waals surface area contributed by atoms with Gasteiger partial charge in [0.25, 0.3) is 11.8 Å². The van der Waals surface area contributed by atoms with Gasteiger partial charge in [0.15, 0.2) is 13.2 Å². The number of hydrogen-bond donors (Lipinski definition) is 2. The number of rotatable bonds is 6. The van der Waals surface area contributed by atoms with Gasteiger partial charge in [0.05, 0.1) is 0 Å². The maximum Gasteiger partial charge on any atom is 0.344 e. The number of hydrazine groups is 1. The third-order valence-corrected chi connectivity index (χ3v) is 5.61. The average Bonchev–Trinajstić information content (AvgIpc) is 2.92. The topological polar surface area (TPSA) is 114 Å². The number of urea groups is 1. The first kappa shape index (κ1) is 21.9. The summed E-state index contributed by atoms with van der Waals surface area (Å²) >= 11 is 5.86. The molecule has 2 fully saturated rings. The fourth-order valence-corrected chi connectivity index (χ4v) is 3.80. The Morgan fingerprint density at radius 2 is 1.97 bits per heavy atom. The number of esters is 1. The number of ether oxygens (including phenoxy) is 2. The molecule has 1 saturated heterocycles. The number of nitrogens with one attached hydrogen (secondary N) is 2. The Labute approximate surface area is 179 Å². The van der Waals surface area contributed by atoms with Gasteiger partial charge in [-0.15, -0.1) is 0 Å². The summed E-state index contributed by atoms with van der Waals surface area (Å²) < 4.78 is 10.2. The number of amides is 4. The summed E-state index contributed by atoms with van der Waals surface area (Å²) in [5.41, 5.74) is 1.99. The lowest BCUT2D eigenvalue weighted by atomic mass is 9.77. The normalized spacial score (nSPS) is 23.3. The van der Waals surface area contributed by atoms with Crippen LogP contribution in [0.5, 0.6) is 5.75 Å². The fraction of sp³-hybridized carbons (Fsp3) is 0.500. The van der Waals surface area contributed by atoms with Crippen molar-refractivity contribution >= 4 is 35.4 Å². The molecule has 1 aromatic rings. The van der Waals surface area contributed by atoms with Crippen molar-refractivity contribution in [2.24, 2.45) is 5.92 Å². The second-order valence-electron chi connectivity index (χ2n) is 7.73. The number of halogens is 1. The van der Waals surface area contributed by atoms with Crippen LogP contribution in [0.3, 0.4) is 0 Å². The van der Waals surface area contributed by atoms with Crippen LogP contribution in [0.15, 0.2) is 18.2 Å². The molecule has 162 valence electrons. The fourth-order valence-electron chi connectivity index (χ4n) is 3.57. The van der Waals surface area contributed by atoms with Gasteiger partial charge < -0.3 is 14.8 Å². The van der Waals surface area contributed by atoms with Crippen molar-refractivity contribution in [2.75, 3.05) is 13.2 Å². The predicted octanol–water partition coefficient (Wildman–Crippen LogP) is 2.10. The van der Waals surface area contributed by atoms with Crippen molar-refractivity contribution in [1.82, 2.24) is 15.8 Å². The van der Waals surface area contributed by atoms with Gasteiger partial charge in [0, 0.05) is 5.02 Å². The van der Waals surface area contributed by atoms with Crippen molar-refractivity contribution in [1.29, 1.82) is 0 Å². The zero-order valence-electron chi connectivity index (χ0n) is 16.8. The molecule has 0 bridgehead atoms. The Kier molecular flexibility index (Phi) is 6.50. The standard InChI is InChI=1S/C20H24ClN3O6/c1-12-5-7-20(8-6-12)18(27)24(19(28)22-20)23-16(25)10-30-17(26)11-29-15-4-3-14(21)9-13(15)2/h3-4,9,12H,5-8,10-11H2,1-2H3,(H,22,28)(H,23,25). The summed E-state index contributed by atoms with van der Waals surface area (Å²) in [7, 11) is 0. The number of carbonyl (C=O) groups excluding carboxylic acids is 4. The van der Waals surface area contributed by atoms with Crippen molar-refractivity contribution in [2.45, 2.75) is 45.1 Å². The Morgan fingerprint density at radius 1 is 1.27 bits per heavy atom. The highest BCUT2D eigenvalue weighted by Crippen LogP contribution is 2.35.